The summed E-state index contributed by atoms with van der Waals surface area (Å²) >= 11 is 0. The highest BCUT2D eigenvalue weighted by molar-refractivity contribution is 5.81. The molecule has 4 heterocycles. The van der Waals surface area contributed by atoms with Crippen molar-refractivity contribution < 1.29 is 22.3 Å². The van der Waals surface area contributed by atoms with Crippen LogP contribution in [0.4, 0.5) is 13.2 Å². The number of nitrogens with zero attached hydrogens (tertiary/aromatic N) is 5. The smallest absolute Gasteiger partial charge is 0.420 e. The van der Waals surface area contributed by atoms with E-state index in [1.165, 1.54) is 6.07 Å². The third-order valence-electron chi connectivity index (χ3n) is 7.66. The molecule has 0 amide bonds. The van der Waals surface area contributed by atoms with Crippen molar-refractivity contribution in [3.8, 4) is 11.5 Å². The average molecular weight is 526 g/mol. The molecule has 0 bridgehead atoms. The lowest BCUT2D eigenvalue weighted by Crippen LogP contribution is -2.34. The number of piperidine rings is 1. The van der Waals surface area contributed by atoms with Crippen LogP contribution in [-0.2, 0) is 24.5 Å². The number of rotatable bonds is 6. The third kappa shape index (κ3) is 4.82. The lowest BCUT2D eigenvalue weighted by molar-refractivity contribution is -0.136. The minimum absolute atomic E-state index is 0.0650. The highest BCUT2D eigenvalue weighted by Crippen LogP contribution is 2.40. The summed E-state index contributed by atoms with van der Waals surface area (Å²) in [5, 5.41) is 8.36. The van der Waals surface area contributed by atoms with E-state index in [0.29, 0.717) is 36.8 Å². The van der Waals surface area contributed by atoms with E-state index in [4.69, 9.17) is 9.15 Å². The molecule has 2 fully saturated rings. The Morgan fingerprint density at radius 3 is 2.68 bits per heavy atom. The Kier molecular flexibility index (Phi) is 6.47. The van der Waals surface area contributed by atoms with Crippen molar-refractivity contribution in [1.82, 2.24) is 24.6 Å². The van der Waals surface area contributed by atoms with Crippen molar-refractivity contribution in [2.24, 2.45) is 18.9 Å². The van der Waals surface area contributed by atoms with Crippen molar-refractivity contribution in [2.75, 3.05) is 26.3 Å². The molecule has 2 saturated heterocycles. The molecule has 2 aromatic heterocycles. The molecule has 6 rings (SSSR count). The lowest BCUT2D eigenvalue weighted by Gasteiger charge is -2.33. The summed E-state index contributed by atoms with van der Waals surface area (Å²) in [5.74, 6) is 1.68. The summed E-state index contributed by atoms with van der Waals surface area (Å²) < 4.78 is 55.5. The summed E-state index contributed by atoms with van der Waals surface area (Å²) in [6.45, 7) is 5.63. The van der Waals surface area contributed by atoms with Gasteiger partial charge in [0.1, 0.15) is 23.2 Å². The van der Waals surface area contributed by atoms with Gasteiger partial charge in [0.25, 0.3) is 0 Å². The summed E-state index contributed by atoms with van der Waals surface area (Å²) in [6, 6.07) is 10.5. The maximum Gasteiger partial charge on any atom is 0.420 e. The van der Waals surface area contributed by atoms with Crippen molar-refractivity contribution in [3.63, 3.8) is 0 Å². The number of likely N-dealkylation sites (tertiary alicyclic amines) is 1. The number of benzene rings is 2. The Balaban J connectivity index is 1.38. The molecule has 0 N–H and O–H groups in total. The lowest BCUT2D eigenvalue weighted by atomic mass is 9.83. The molecule has 0 radical (unpaired) electrons. The number of hydrogen-bond donors (Lipinski definition) is 0. The van der Waals surface area contributed by atoms with E-state index in [-0.39, 0.29) is 28.8 Å². The maximum absolute atomic E-state index is 14.1. The van der Waals surface area contributed by atoms with Gasteiger partial charge in [-0.2, -0.15) is 13.2 Å². The molecule has 2 aromatic carbocycles. The largest absolute Gasteiger partial charge is 0.435 e. The van der Waals surface area contributed by atoms with Gasteiger partial charge in [-0.25, -0.2) is 4.98 Å². The molecular weight excluding hydrogens is 495 g/mol. The summed E-state index contributed by atoms with van der Waals surface area (Å²) in [5.41, 5.74) is 1.38. The summed E-state index contributed by atoms with van der Waals surface area (Å²) in [6.07, 6.45) is -0.682. The van der Waals surface area contributed by atoms with E-state index in [9.17, 15) is 13.2 Å². The number of fused-ring (bicyclic) bond motifs is 1. The van der Waals surface area contributed by atoms with E-state index >= 15 is 0 Å². The van der Waals surface area contributed by atoms with Gasteiger partial charge in [0.15, 0.2) is 5.58 Å². The van der Waals surface area contributed by atoms with Crippen LogP contribution < -0.4 is 0 Å². The Bertz CT molecular complexity index is 1440. The Morgan fingerprint density at radius 1 is 1.16 bits per heavy atom. The van der Waals surface area contributed by atoms with Crippen LogP contribution >= 0.6 is 0 Å². The molecule has 7 nitrogen and oxygen atoms in total. The molecule has 0 aliphatic carbocycles. The highest BCUT2D eigenvalue weighted by atomic mass is 19.4. The van der Waals surface area contributed by atoms with Gasteiger partial charge >= 0.3 is 6.18 Å². The zero-order chi connectivity index (χ0) is 26.4. The predicted molar refractivity (Wildman–Crippen MR) is 135 cm³/mol. The van der Waals surface area contributed by atoms with Gasteiger partial charge in [-0.15, -0.1) is 10.2 Å². The molecule has 200 valence electrons. The first kappa shape index (κ1) is 25.1. The fourth-order valence-electron chi connectivity index (χ4n) is 5.72. The van der Waals surface area contributed by atoms with Crippen LogP contribution in [0.5, 0.6) is 0 Å². The van der Waals surface area contributed by atoms with Gasteiger partial charge in [-0.05, 0) is 60.7 Å². The number of aryl methyl sites for hydroxylation is 1. The zero-order valence-electron chi connectivity index (χ0n) is 21.4. The second-order valence-corrected chi connectivity index (χ2v) is 10.7. The normalized spacial score (nSPS) is 20.1. The van der Waals surface area contributed by atoms with E-state index in [1.807, 2.05) is 35.9 Å². The number of aromatic nitrogens is 4. The molecule has 2 atom stereocenters. The molecule has 4 aromatic rings. The van der Waals surface area contributed by atoms with Crippen molar-refractivity contribution in [1.29, 1.82) is 0 Å². The molecule has 2 aliphatic rings. The third-order valence-corrected chi connectivity index (χ3v) is 7.66. The van der Waals surface area contributed by atoms with E-state index in [0.717, 1.165) is 37.3 Å². The van der Waals surface area contributed by atoms with Crippen LogP contribution in [0.2, 0.25) is 0 Å². The number of hydrogen-bond acceptors (Lipinski definition) is 6. The van der Waals surface area contributed by atoms with E-state index < -0.39 is 11.7 Å². The Morgan fingerprint density at radius 2 is 2.00 bits per heavy atom. The van der Waals surface area contributed by atoms with Crippen LogP contribution in [-0.4, -0.2) is 51.0 Å². The second-order valence-electron chi connectivity index (χ2n) is 10.7. The van der Waals surface area contributed by atoms with E-state index in [2.05, 4.69) is 27.0 Å². The second kappa shape index (κ2) is 9.81. The molecule has 0 saturated carbocycles. The van der Waals surface area contributed by atoms with Crippen LogP contribution in [0, 0.1) is 11.8 Å². The Labute approximate surface area is 218 Å². The minimum Gasteiger partial charge on any atom is -0.435 e. The highest BCUT2D eigenvalue weighted by Gasteiger charge is 2.37. The standard InChI is InChI=1S/C28H30F3N5O2/c1-17-5-4-8-36(12-17)13-18-9-22(28(29,30)31)25-23(10-18)33-27(38-25)20-7-3-6-19(11-20)24(21-14-37-15-21)26-34-32-16-35(26)2/h3,6-7,9-11,16-17,21,24H,4-5,8,12-15H2,1-2H3/t17-,24+/m0/s1. The first-order valence-corrected chi connectivity index (χ1v) is 13.0. The van der Waals surface area contributed by atoms with Crippen LogP contribution in [0.1, 0.15) is 48.2 Å². The molecular formula is C28H30F3N5O2. The molecule has 38 heavy (non-hydrogen) atoms. The fourth-order valence-corrected chi connectivity index (χ4v) is 5.72. The van der Waals surface area contributed by atoms with Crippen molar-refractivity contribution in [2.45, 2.75) is 38.4 Å². The molecule has 0 unspecified atom stereocenters. The van der Waals surface area contributed by atoms with E-state index in [1.54, 1.807) is 12.4 Å². The van der Waals surface area contributed by atoms with Crippen molar-refractivity contribution >= 4 is 11.1 Å². The molecule has 0 spiro atoms. The monoisotopic (exact) mass is 525 g/mol. The van der Waals surface area contributed by atoms with Gasteiger partial charge in [-0.1, -0.05) is 19.1 Å². The Hall–Kier alpha value is -3.24. The van der Waals surface area contributed by atoms with Crippen molar-refractivity contribution in [3.05, 3.63) is 65.2 Å². The van der Waals surface area contributed by atoms with Crippen LogP contribution in [0.15, 0.2) is 47.1 Å². The fraction of sp³-hybridized carbons (Fsp3) is 0.464. The average Bonchev–Trinajstić information content (AvgIpc) is 3.46. The minimum atomic E-state index is -4.55. The summed E-state index contributed by atoms with van der Waals surface area (Å²) in [7, 11) is 1.90. The number of ether oxygens (including phenoxy) is 1. The number of oxazole rings is 1. The van der Waals surface area contributed by atoms with Gasteiger partial charge in [-0.3, -0.25) is 4.90 Å². The SMILES string of the molecule is C[C@H]1CCCN(Cc2cc(C(F)(F)F)c3oc(-c4cccc([C@@H](c5nncn5C)C5COC5)c4)nc3c2)C1. The molecule has 2 aliphatic heterocycles. The van der Waals surface area contributed by atoms with Crippen LogP contribution in [0.25, 0.3) is 22.6 Å². The van der Waals surface area contributed by atoms with Gasteiger partial charge in [0.05, 0.1) is 19.1 Å². The van der Waals surface area contributed by atoms with Gasteiger partial charge in [0.2, 0.25) is 5.89 Å². The predicted octanol–water partition coefficient (Wildman–Crippen LogP) is 5.65. The topological polar surface area (TPSA) is 69.2 Å². The quantitative estimate of drug-likeness (QED) is 0.324. The van der Waals surface area contributed by atoms with Gasteiger partial charge in [0, 0.05) is 31.6 Å². The number of halogens is 3. The number of alkyl halides is 3. The van der Waals surface area contributed by atoms with Crippen LogP contribution in [0.3, 0.4) is 0 Å². The maximum atomic E-state index is 14.1. The zero-order valence-corrected chi connectivity index (χ0v) is 21.4. The first-order valence-electron chi connectivity index (χ1n) is 13.0. The first-order chi connectivity index (χ1) is 18.3. The molecule has 10 heteroatoms. The summed E-state index contributed by atoms with van der Waals surface area (Å²) in [4.78, 5) is 6.76. The van der Waals surface area contributed by atoms with Gasteiger partial charge < -0.3 is 13.7 Å².